The van der Waals surface area contributed by atoms with Crippen LogP contribution in [0.5, 0.6) is 0 Å². The van der Waals surface area contributed by atoms with E-state index in [0.29, 0.717) is 24.6 Å². The summed E-state index contributed by atoms with van der Waals surface area (Å²) in [6.45, 7) is 5.03. The summed E-state index contributed by atoms with van der Waals surface area (Å²) in [6, 6.07) is 14.4. The zero-order chi connectivity index (χ0) is 21.1. The number of amides is 1. The predicted molar refractivity (Wildman–Crippen MR) is 118 cm³/mol. The average molecular weight is 424 g/mol. The van der Waals surface area contributed by atoms with Gasteiger partial charge in [-0.1, -0.05) is 24.3 Å². The minimum absolute atomic E-state index is 0.0598. The molecule has 1 aliphatic rings. The molecule has 0 aliphatic carbocycles. The lowest BCUT2D eigenvalue weighted by molar-refractivity contribution is 0.0713. The Bertz CT molecular complexity index is 1160. The normalized spacial score (nSPS) is 15.4. The molecule has 2 heterocycles. The predicted octanol–water partition coefficient (Wildman–Crippen LogP) is 3.65. The molecular weight excluding hydrogens is 398 g/mol. The molecule has 3 aromatic rings. The van der Waals surface area contributed by atoms with Gasteiger partial charge in [-0.15, -0.1) is 6.58 Å². The molecule has 2 aromatic carbocycles. The van der Waals surface area contributed by atoms with E-state index in [2.05, 4.69) is 40.7 Å². The number of aromatic nitrogens is 1. The van der Waals surface area contributed by atoms with Gasteiger partial charge < -0.3 is 9.88 Å². The Kier molecular flexibility index (Phi) is 5.74. The highest BCUT2D eigenvalue weighted by atomic mass is 32.2. The summed E-state index contributed by atoms with van der Waals surface area (Å²) in [7, 11) is -3.59. The first-order valence-corrected chi connectivity index (χ1v) is 11.5. The van der Waals surface area contributed by atoms with E-state index < -0.39 is 10.0 Å². The Morgan fingerprint density at radius 1 is 1.13 bits per heavy atom. The first-order chi connectivity index (χ1) is 14.5. The lowest BCUT2D eigenvalue weighted by Gasteiger charge is -2.32. The van der Waals surface area contributed by atoms with Crippen LogP contribution in [0.25, 0.3) is 10.9 Å². The van der Waals surface area contributed by atoms with Crippen molar-refractivity contribution in [3.63, 3.8) is 0 Å². The fraction of sp³-hybridized carbons (Fsp3) is 0.261. The average Bonchev–Trinajstić information content (AvgIpc) is 3.22. The Balaban J connectivity index is 1.41. The highest BCUT2D eigenvalue weighted by Crippen LogP contribution is 2.33. The molecule has 0 saturated carbocycles. The van der Waals surface area contributed by atoms with Gasteiger partial charge in [0.15, 0.2) is 0 Å². The second-order valence-electron chi connectivity index (χ2n) is 7.52. The summed E-state index contributed by atoms with van der Waals surface area (Å²) < 4.78 is 26.7. The quantitative estimate of drug-likeness (QED) is 0.594. The Hall–Kier alpha value is -2.90. The van der Waals surface area contributed by atoms with Crippen LogP contribution in [0.1, 0.15) is 34.7 Å². The lowest BCUT2D eigenvalue weighted by Crippen LogP contribution is -2.37. The van der Waals surface area contributed by atoms with Crippen LogP contribution >= 0.6 is 0 Å². The molecule has 6 nitrogen and oxygen atoms in total. The fourth-order valence-corrected chi connectivity index (χ4v) is 5.03. The molecule has 1 aliphatic heterocycles. The summed E-state index contributed by atoms with van der Waals surface area (Å²) in [6.07, 6.45) is 5.39. The minimum atomic E-state index is -3.59. The number of para-hydroxylation sites is 1. The number of nitrogens with one attached hydrogen (secondary N) is 2. The van der Waals surface area contributed by atoms with Gasteiger partial charge in [0.1, 0.15) is 0 Å². The van der Waals surface area contributed by atoms with Gasteiger partial charge >= 0.3 is 0 Å². The number of carbonyl (C=O) groups is 1. The van der Waals surface area contributed by atoms with Crippen LogP contribution < -0.4 is 4.72 Å². The molecule has 0 bridgehead atoms. The summed E-state index contributed by atoms with van der Waals surface area (Å²) in [5.74, 6) is 0.365. The number of fused-ring (bicyclic) bond motifs is 1. The number of nitrogens with zero attached hydrogens (tertiary/aromatic N) is 1. The van der Waals surface area contributed by atoms with Crippen molar-refractivity contribution in [2.45, 2.75) is 23.7 Å². The van der Waals surface area contributed by atoms with E-state index in [4.69, 9.17) is 0 Å². The van der Waals surface area contributed by atoms with Crippen molar-refractivity contribution in [3.8, 4) is 0 Å². The molecule has 30 heavy (non-hydrogen) atoms. The smallest absolute Gasteiger partial charge is 0.253 e. The number of carbonyl (C=O) groups excluding carboxylic acids is 1. The molecule has 0 radical (unpaired) electrons. The SMILES string of the molecule is C=CCNS(=O)(=O)c1ccc(C(=O)N2CCC(c3c[nH]c4ccccc34)CC2)cc1. The molecule has 0 atom stereocenters. The monoisotopic (exact) mass is 423 g/mol. The first kappa shape index (κ1) is 20.4. The van der Waals surface area contributed by atoms with Gasteiger partial charge in [0.25, 0.3) is 5.91 Å². The van der Waals surface area contributed by atoms with Crippen molar-refractivity contribution in [3.05, 3.63) is 78.5 Å². The summed E-state index contributed by atoms with van der Waals surface area (Å²) in [5.41, 5.74) is 2.96. The number of likely N-dealkylation sites (tertiary alicyclic amines) is 1. The molecule has 1 fully saturated rings. The number of H-pyrrole nitrogens is 1. The van der Waals surface area contributed by atoms with Crippen molar-refractivity contribution < 1.29 is 13.2 Å². The van der Waals surface area contributed by atoms with Crippen molar-refractivity contribution in [1.29, 1.82) is 0 Å². The van der Waals surface area contributed by atoms with Gasteiger partial charge in [0, 0.05) is 42.3 Å². The lowest BCUT2D eigenvalue weighted by atomic mass is 9.89. The van der Waals surface area contributed by atoms with Crippen LogP contribution in [0.4, 0.5) is 0 Å². The Morgan fingerprint density at radius 3 is 2.53 bits per heavy atom. The highest BCUT2D eigenvalue weighted by molar-refractivity contribution is 7.89. The third kappa shape index (κ3) is 4.04. The number of rotatable bonds is 6. The van der Waals surface area contributed by atoms with Crippen LogP contribution in [0.15, 0.2) is 72.3 Å². The Labute approximate surface area is 176 Å². The molecule has 1 amide bonds. The summed E-state index contributed by atoms with van der Waals surface area (Å²) in [5, 5.41) is 1.25. The minimum Gasteiger partial charge on any atom is -0.361 e. The van der Waals surface area contributed by atoms with Gasteiger partial charge in [-0.2, -0.15) is 0 Å². The number of aromatic amines is 1. The van der Waals surface area contributed by atoms with E-state index in [9.17, 15) is 13.2 Å². The first-order valence-electron chi connectivity index (χ1n) is 10.1. The van der Waals surface area contributed by atoms with Crippen molar-refractivity contribution in [1.82, 2.24) is 14.6 Å². The Morgan fingerprint density at radius 2 is 1.83 bits per heavy atom. The van der Waals surface area contributed by atoms with Crippen molar-refractivity contribution in [2.75, 3.05) is 19.6 Å². The van der Waals surface area contributed by atoms with Gasteiger partial charge in [-0.25, -0.2) is 13.1 Å². The zero-order valence-electron chi connectivity index (χ0n) is 16.7. The maximum absolute atomic E-state index is 12.9. The van der Waals surface area contributed by atoms with E-state index in [1.165, 1.54) is 29.2 Å². The third-order valence-corrected chi connectivity index (χ3v) is 7.11. The highest BCUT2D eigenvalue weighted by Gasteiger charge is 2.26. The van der Waals surface area contributed by atoms with Gasteiger partial charge in [-0.05, 0) is 54.7 Å². The van der Waals surface area contributed by atoms with Crippen molar-refractivity contribution in [2.24, 2.45) is 0 Å². The number of hydrogen-bond acceptors (Lipinski definition) is 3. The van der Waals surface area contributed by atoms with E-state index in [1.807, 2.05) is 11.0 Å². The summed E-state index contributed by atoms with van der Waals surface area (Å²) in [4.78, 5) is 18.2. The van der Waals surface area contributed by atoms with Crippen LogP contribution in [0.2, 0.25) is 0 Å². The zero-order valence-corrected chi connectivity index (χ0v) is 17.5. The van der Waals surface area contributed by atoms with Crippen LogP contribution in [-0.2, 0) is 10.0 Å². The van der Waals surface area contributed by atoms with Gasteiger partial charge in [0.05, 0.1) is 4.90 Å². The molecule has 2 N–H and O–H groups in total. The standard InChI is InChI=1S/C23H25N3O3S/c1-2-13-25-30(28,29)19-9-7-18(8-10-19)23(27)26-14-11-17(12-15-26)21-16-24-22-6-4-3-5-20(21)22/h2-10,16-17,24-25H,1,11-15H2. The van der Waals surface area contributed by atoms with Gasteiger partial charge in [0.2, 0.25) is 10.0 Å². The number of sulfonamides is 1. The molecule has 156 valence electrons. The third-order valence-electron chi connectivity index (χ3n) is 5.67. The molecule has 0 unspecified atom stereocenters. The maximum atomic E-state index is 12.9. The molecule has 0 spiro atoms. The van der Waals surface area contributed by atoms with E-state index >= 15 is 0 Å². The van der Waals surface area contributed by atoms with Gasteiger partial charge in [-0.3, -0.25) is 4.79 Å². The van der Waals surface area contributed by atoms with E-state index in [-0.39, 0.29) is 17.3 Å². The number of piperidine rings is 1. The number of benzene rings is 2. The van der Waals surface area contributed by atoms with E-state index in [0.717, 1.165) is 18.4 Å². The fourth-order valence-electron chi connectivity index (χ4n) is 4.04. The molecule has 7 heteroatoms. The van der Waals surface area contributed by atoms with E-state index in [1.54, 1.807) is 12.1 Å². The van der Waals surface area contributed by atoms with Crippen LogP contribution in [0, 0.1) is 0 Å². The van der Waals surface area contributed by atoms with Crippen molar-refractivity contribution >= 4 is 26.8 Å². The second kappa shape index (κ2) is 8.45. The second-order valence-corrected chi connectivity index (χ2v) is 9.29. The molecule has 1 aromatic heterocycles. The van der Waals surface area contributed by atoms with Crippen LogP contribution in [-0.4, -0.2) is 43.8 Å². The maximum Gasteiger partial charge on any atom is 0.253 e. The topological polar surface area (TPSA) is 82.3 Å². The molecule has 4 rings (SSSR count). The molecule has 1 saturated heterocycles. The van der Waals surface area contributed by atoms with Crippen LogP contribution in [0.3, 0.4) is 0 Å². The number of hydrogen-bond donors (Lipinski definition) is 2. The summed E-state index contributed by atoms with van der Waals surface area (Å²) >= 11 is 0. The molecular formula is C23H25N3O3S. The largest absolute Gasteiger partial charge is 0.361 e.